The molecule has 0 unspecified atom stereocenters. The number of hydrogen-bond donors (Lipinski definition) is 0. The molecule has 0 aromatic heterocycles. The summed E-state index contributed by atoms with van der Waals surface area (Å²) >= 11 is 0. The zero-order valence-corrected chi connectivity index (χ0v) is 20.6. The fourth-order valence-corrected chi connectivity index (χ4v) is 5.15. The van der Waals surface area contributed by atoms with E-state index in [1.54, 1.807) is 6.92 Å². The van der Waals surface area contributed by atoms with Crippen molar-refractivity contribution in [3.63, 3.8) is 0 Å². The normalized spacial score (nSPS) is 18.5. The molecule has 0 bridgehead atoms. The van der Waals surface area contributed by atoms with Gasteiger partial charge in [0.1, 0.15) is 22.9 Å². The number of hydrogen-bond acceptors (Lipinski definition) is 3. The van der Waals surface area contributed by atoms with E-state index < -0.39 is 29.0 Å². The van der Waals surface area contributed by atoms with Crippen LogP contribution in [0.15, 0.2) is 60.7 Å². The third-order valence-corrected chi connectivity index (χ3v) is 7.06. The summed E-state index contributed by atoms with van der Waals surface area (Å²) in [6, 6.07) is 16.5. The van der Waals surface area contributed by atoms with E-state index in [-0.39, 0.29) is 24.0 Å². The molecule has 1 atom stereocenters. The Labute approximate surface area is 210 Å². The number of esters is 1. The van der Waals surface area contributed by atoms with Gasteiger partial charge in [-0.25, -0.2) is 18.0 Å². The fourth-order valence-electron chi connectivity index (χ4n) is 5.15. The Bertz CT molecular complexity index is 1160. The van der Waals surface area contributed by atoms with Gasteiger partial charge in [-0.3, -0.25) is 0 Å². The summed E-state index contributed by atoms with van der Waals surface area (Å²) < 4.78 is 53.9. The van der Waals surface area contributed by atoms with Crippen LogP contribution in [0.1, 0.15) is 79.3 Å². The molecule has 1 saturated carbocycles. The molecule has 0 aliphatic heterocycles. The topological polar surface area (TPSA) is 35.5 Å². The molecule has 0 spiro atoms. The quantitative estimate of drug-likeness (QED) is 0.233. The van der Waals surface area contributed by atoms with Crippen molar-refractivity contribution in [3.8, 4) is 11.5 Å². The zero-order chi connectivity index (χ0) is 25.7. The average Bonchev–Trinajstić information content (AvgIpc) is 2.86. The van der Waals surface area contributed by atoms with Gasteiger partial charge >= 0.3 is 5.97 Å². The lowest BCUT2D eigenvalue weighted by Gasteiger charge is -2.30. The van der Waals surface area contributed by atoms with Crippen LogP contribution in [0.25, 0.3) is 0 Å². The monoisotopic (exact) mass is 496 g/mol. The van der Waals surface area contributed by atoms with Crippen LogP contribution < -0.4 is 9.47 Å². The summed E-state index contributed by atoms with van der Waals surface area (Å²) in [4.78, 5) is 12.5. The molecule has 3 aromatic carbocycles. The first-order valence-electron chi connectivity index (χ1n) is 12.5. The van der Waals surface area contributed by atoms with Crippen molar-refractivity contribution in [1.82, 2.24) is 0 Å². The Hall–Kier alpha value is -3.28. The van der Waals surface area contributed by atoms with Gasteiger partial charge in [0.2, 0.25) is 0 Å². The van der Waals surface area contributed by atoms with Crippen LogP contribution in [-0.2, 0) is 0 Å². The first-order chi connectivity index (χ1) is 17.4. The van der Waals surface area contributed by atoms with Gasteiger partial charge < -0.3 is 9.47 Å². The molecule has 0 radical (unpaired) electrons. The fraction of sp³-hybridized carbons (Fsp3) is 0.367. The average molecular weight is 497 g/mol. The number of carbonyl (C=O) groups is 1. The van der Waals surface area contributed by atoms with Crippen molar-refractivity contribution in [2.75, 3.05) is 6.61 Å². The van der Waals surface area contributed by atoms with E-state index in [2.05, 4.69) is 31.2 Å². The van der Waals surface area contributed by atoms with E-state index >= 15 is 0 Å². The molecular formula is C30H31F3O3. The van der Waals surface area contributed by atoms with Crippen LogP contribution in [0.3, 0.4) is 0 Å². The maximum absolute atomic E-state index is 14.9. The summed E-state index contributed by atoms with van der Waals surface area (Å²) in [7, 11) is 0. The van der Waals surface area contributed by atoms with Gasteiger partial charge in [-0.15, -0.1) is 0 Å². The standard InChI is InChI=1S/C30H31F3O3/c1-3-35-28-14-13-24(18-25(28)31)36-30(34)29-26(32)16-23(17-27(29)33)22-11-9-20(10-12-22)15-19(2)21-7-5-4-6-8-21/h4-8,13-14,16-20,22H,3,9-12,15H2,1-2H3/t19-,20?,22?/m0/s1. The molecule has 0 heterocycles. The van der Waals surface area contributed by atoms with Crippen LogP contribution in [0.4, 0.5) is 13.2 Å². The van der Waals surface area contributed by atoms with Crippen LogP contribution in [0, 0.1) is 23.4 Å². The highest BCUT2D eigenvalue weighted by Gasteiger charge is 2.27. The van der Waals surface area contributed by atoms with E-state index in [0.29, 0.717) is 17.4 Å². The summed E-state index contributed by atoms with van der Waals surface area (Å²) in [5, 5.41) is 0. The molecular weight excluding hydrogens is 465 g/mol. The molecule has 0 amide bonds. The molecule has 6 heteroatoms. The molecule has 0 N–H and O–H groups in total. The van der Waals surface area contributed by atoms with Gasteiger partial charge in [0, 0.05) is 6.07 Å². The van der Waals surface area contributed by atoms with Crippen LogP contribution in [-0.4, -0.2) is 12.6 Å². The molecule has 3 nitrogen and oxygen atoms in total. The van der Waals surface area contributed by atoms with Crippen LogP contribution in [0.5, 0.6) is 11.5 Å². The zero-order valence-electron chi connectivity index (χ0n) is 20.6. The number of benzene rings is 3. The van der Waals surface area contributed by atoms with Crippen molar-refractivity contribution >= 4 is 5.97 Å². The highest BCUT2D eigenvalue weighted by atomic mass is 19.1. The Morgan fingerprint density at radius 1 is 0.917 bits per heavy atom. The van der Waals surface area contributed by atoms with Gasteiger partial charge in [0.25, 0.3) is 0 Å². The second-order valence-electron chi connectivity index (χ2n) is 9.54. The van der Waals surface area contributed by atoms with Crippen molar-refractivity contribution in [2.45, 2.75) is 57.8 Å². The molecule has 190 valence electrons. The maximum atomic E-state index is 14.9. The van der Waals surface area contributed by atoms with Crippen molar-refractivity contribution in [3.05, 3.63) is 94.8 Å². The Morgan fingerprint density at radius 2 is 1.58 bits per heavy atom. The van der Waals surface area contributed by atoms with Crippen molar-refractivity contribution in [2.24, 2.45) is 5.92 Å². The van der Waals surface area contributed by atoms with Gasteiger partial charge in [-0.1, -0.05) is 37.3 Å². The van der Waals surface area contributed by atoms with Crippen LogP contribution in [0.2, 0.25) is 0 Å². The molecule has 0 saturated heterocycles. The van der Waals surface area contributed by atoms with E-state index in [4.69, 9.17) is 9.47 Å². The first-order valence-corrected chi connectivity index (χ1v) is 12.5. The van der Waals surface area contributed by atoms with E-state index in [1.165, 1.54) is 29.8 Å². The van der Waals surface area contributed by atoms with Crippen molar-refractivity contribution in [1.29, 1.82) is 0 Å². The molecule has 1 aliphatic carbocycles. The Morgan fingerprint density at radius 3 is 2.19 bits per heavy atom. The third-order valence-electron chi connectivity index (χ3n) is 7.06. The van der Waals surface area contributed by atoms with Crippen LogP contribution >= 0.6 is 0 Å². The lowest BCUT2D eigenvalue weighted by molar-refractivity contribution is 0.0724. The predicted molar refractivity (Wildman–Crippen MR) is 133 cm³/mol. The summed E-state index contributed by atoms with van der Waals surface area (Å²) in [5.74, 6) is -2.95. The highest BCUT2D eigenvalue weighted by Crippen LogP contribution is 2.40. The minimum atomic E-state index is -1.21. The minimum absolute atomic E-state index is 0.00302. The summed E-state index contributed by atoms with van der Waals surface area (Å²) in [5.41, 5.74) is 1.11. The Kier molecular flexibility index (Phi) is 8.34. The molecule has 4 rings (SSSR count). The highest BCUT2D eigenvalue weighted by molar-refractivity contribution is 5.91. The maximum Gasteiger partial charge on any atom is 0.349 e. The smallest absolute Gasteiger partial charge is 0.349 e. The number of ether oxygens (including phenoxy) is 2. The largest absolute Gasteiger partial charge is 0.491 e. The number of rotatable bonds is 8. The summed E-state index contributed by atoms with van der Waals surface area (Å²) in [6.45, 7) is 4.22. The predicted octanol–water partition coefficient (Wildman–Crippen LogP) is 8.19. The number of carbonyl (C=O) groups excluding carboxylic acids is 1. The first kappa shape index (κ1) is 25.8. The van der Waals surface area contributed by atoms with E-state index in [0.717, 1.165) is 38.2 Å². The van der Waals surface area contributed by atoms with Gasteiger partial charge in [-0.05, 0) is 92.2 Å². The lowest BCUT2D eigenvalue weighted by Crippen LogP contribution is -2.17. The van der Waals surface area contributed by atoms with Crippen molar-refractivity contribution < 1.29 is 27.4 Å². The third kappa shape index (κ3) is 6.10. The minimum Gasteiger partial charge on any atom is -0.491 e. The SMILES string of the molecule is CCOc1ccc(OC(=O)c2c(F)cc(C3CCC(C[C@H](C)c4ccccc4)CC3)cc2F)cc1F. The van der Waals surface area contributed by atoms with Gasteiger partial charge in [0.15, 0.2) is 11.6 Å². The second-order valence-corrected chi connectivity index (χ2v) is 9.54. The molecule has 1 aliphatic rings. The van der Waals surface area contributed by atoms with E-state index in [1.807, 2.05) is 6.07 Å². The Balaban J connectivity index is 1.38. The second kappa shape index (κ2) is 11.6. The van der Waals surface area contributed by atoms with E-state index in [9.17, 15) is 18.0 Å². The lowest BCUT2D eigenvalue weighted by atomic mass is 9.75. The molecule has 36 heavy (non-hydrogen) atoms. The summed E-state index contributed by atoms with van der Waals surface area (Å²) in [6.07, 6.45) is 4.79. The van der Waals surface area contributed by atoms with Gasteiger partial charge in [-0.2, -0.15) is 0 Å². The molecule has 3 aromatic rings. The molecule has 1 fully saturated rings. The van der Waals surface area contributed by atoms with Gasteiger partial charge in [0.05, 0.1) is 6.61 Å². The number of halogens is 3.